The topological polar surface area (TPSA) is 0 Å². The summed E-state index contributed by atoms with van der Waals surface area (Å²) in [5.41, 5.74) is 2.67. The molecule has 0 aliphatic rings. The zero-order valence-corrected chi connectivity index (χ0v) is 9.54. The molecule has 77 valence electrons. The van der Waals surface area contributed by atoms with Gasteiger partial charge in [-0.2, -0.15) is 0 Å². The molecule has 0 nitrogen and oxygen atoms in total. The lowest BCUT2D eigenvalue weighted by Crippen LogP contribution is -1.84. The van der Waals surface area contributed by atoms with Crippen molar-refractivity contribution in [2.75, 3.05) is 0 Å². The molecule has 0 saturated carbocycles. The second-order valence-electron chi connectivity index (χ2n) is 4.33. The molecule has 0 aliphatic heterocycles. The molecule has 3 aromatic carbocycles. The van der Waals surface area contributed by atoms with Crippen molar-refractivity contribution < 1.29 is 0 Å². The van der Waals surface area contributed by atoms with E-state index in [9.17, 15) is 0 Å². The van der Waals surface area contributed by atoms with Gasteiger partial charge in [0.25, 0.3) is 0 Å². The van der Waals surface area contributed by atoms with E-state index in [0.29, 0.717) is 0 Å². The zero-order chi connectivity index (χ0) is 11.1. The quantitative estimate of drug-likeness (QED) is 0.477. The van der Waals surface area contributed by atoms with Gasteiger partial charge < -0.3 is 0 Å². The van der Waals surface area contributed by atoms with Crippen LogP contribution in [0.4, 0.5) is 0 Å². The summed E-state index contributed by atoms with van der Waals surface area (Å²) in [5, 5.41) is 4.99. The molecule has 1 radical (unpaired) electrons. The van der Waals surface area contributed by atoms with Crippen LogP contribution >= 0.6 is 0 Å². The van der Waals surface area contributed by atoms with Crippen LogP contribution in [0.2, 0.25) is 0 Å². The normalized spacial score (nSPS) is 11.1. The molecule has 0 spiro atoms. The van der Waals surface area contributed by atoms with Crippen LogP contribution in [0.5, 0.6) is 0 Å². The predicted molar refractivity (Wildman–Crippen MR) is 69.8 cm³/mol. The van der Waals surface area contributed by atoms with E-state index in [1.54, 1.807) is 0 Å². The highest BCUT2D eigenvalue weighted by Crippen LogP contribution is 2.26. The summed E-state index contributed by atoms with van der Waals surface area (Å²) in [4.78, 5) is 0. The summed E-state index contributed by atoms with van der Waals surface area (Å²) in [7, 11) is 0. The Morgan fingerprint density at radius 1 is 0.875 bits per heavy atom. The Morgan fingerprint density at radius 2 is 1.69 bits per heavy atom. The summed E-state index contributed by atoms with van der Waals surface area (Å²) in [6.45, 7) is 4.32. The van der Waals surface area contributed by atoms with Gasteiger partial charge in [-0.15, -0.1) is 0 Å². The van der Waals surface area contributed by atoms with Gasteiger partial charge in [0.1, 0.15) is 0 Å². The first-order valence-corrected chi connectivity index (χ1v) is 5.57. The van der Waals surface area contributed by atoms with Crippen molar-refractivity contribution in [3.63, 3.8) is 0 Å². The Labute approximate surface area is 95.5 Å². The van der Waals surface area contributed by atoms with Gasteiger partial charge in [-0.25, -0.2) is 0 Å². The molecule has 0 saturated heterocycles. The third-order valence-electron chi connectivity index (χ3n) is 3.30. The van der Waals surface area contributed by atoms with Gasteiger partial charge in [-0.3, -0.25) is 0 Å². The smallest absolute Gasteiger partial charge is 0.00115 e. The maximum Gasteiger partial charge on any atom is -0.00115 e. The molecular weight excluding hydrogens is 192 g/mol. The summed E-state index contributed by atoms with van der Waals surface area (Å²) in [5.74, 6) is 0. The number of rotatable bonds is 0. The van der Waals surface area contributed by atoms with E-state index < -0.39 is 0 Å². The Bertz CT molecular complexity index is 678. The Balaban J connectivity index is 2.51. The third kappa shape index (κ3) is 1.30. The first-order valence-electron chi connectivity index (χ1n) is 5.57. The monoisotopic (exact) mass is 205 g/mol. The summed E-state index contributed by atoms with van der Waals surface area (Å²) >= 11 is 0. The summed E-state index contributed by atoms with van der Waals surface area (Å²) in [6, 6.07) is 18.5. The maximum absolute atomic E-state index is 3.52. The van der Waals surface area contributed by atoms with Crippen molar-refractivity contribution in [2.45, 2.75) is 13.8 Å². The molecule has 16 heavy (non-hydrogen) atoms. The van der Waals surface area contributed by atoms with Crippen molar-refractivity contribution in [2.24, 2.45) is 0 Å². The van der Waals surface area contributed by atoms with Crippen LogP contribution in [0.1, 0.15) is 11.1 Å². The second kappa shape index (κ2) is 3.34. The molecule has 0 amide bonds. The van der Waals surface area contributed by atoms with Crippen LogP contribution < -0.4 is 0 Å². The molecule has 0 heterocycles. The molecule has 0 fully saturated rings. The average Bonchev–Trinajstić information content (AvgIpc) is 2.32. The third-order valence-corrected chi connectivity index (χ3v) is 3.30. The molecule has 0 bridgehead atoms. The first kappa shape index (κ1) is 9.41. The number of hydrogen-bond acceptors (Lipinski definition) is 0. The molecular formula is C16H13. The minimum Gasteiger partial charge on any atom is -0.0616 e. The van der Waals surface area contributed by atoms with E-state index in [1.165, 1.54) is 32.7 Å². The Hall–Kier alpha value is -1.82. The number of hydrogen-bond donors (Lipinski definition) is 0. The SMILES string of the molecule is Cc1ccc2cc3ccccc3[c]c2c1C. The van der Waals surface area contributed by atoms with Crippen molar-refractivity contribution in [1.82, 2.24) is 0 Å². The van der Waals surface area contributed by atoms with Crippen molar-refractivity contribution in [3.05, 3.63) is 59.7 Å². The fourth-order valence-corrected chi connectivity index (χ4v) is 2.16. The average molecular weight is 205 g/mol. The largest absolute Gasteiger partial charge is 0.0616 e. The van der Waals surface area contributed by atoms with Crippen LogP contribution in [-0.2, 0) is 0 Å². The lowest BCUT2D eigenvalue weighted by Gasteiger charge is -2.07. The van der Waals surface area contributed by atoms with E-state index in [0.717, 1.165) is 0 Å². The highest BCUT2D eigenvalue weighted by atomic mass is 14.1. The van der Waals surface area contributed by atoms with Gasteiger partial charge in [-0.1, -0.05) is 36.4 Å². The molecule has 0 atom stereocenters. The minimum atomic E-state index is 1.20. The van der Waals surface area contributed by atoms with Gasteiger partial charge in [0.15, 0.2) is 0 Å². The standard InChI is InChI=1S/C16H13/c1-11-7-8-15-9-13-5-3-4-6-14(13)10-16(15)12(11)2/h3-9H,1-2H3. The van der Waals surface area contributed by atoms with Crippen molar-refractivity contribution in [3.8, 4) is 0 Å². The van der Waals surface area contributed by atoms with E-state index in [1.807, 2.05) is 0 Å². The fourth-order valence-electron chi connectivity index (χ4n) is 2.16. The molecule has 0 heteroatoms. The van der Waals surface area contributed by atoms with Crippen LogP contribution in [0.3, 0.4) is 0 Å². The van der Waals surface area contributed by atoms with Gasteiger partial charge in [0, 0.05) is 0 Å². The molecule has 0 unspecified atom stereocenters. The Morgan fingerprint density at radius 3 is 2.56 bits per heavy atom. The Kier molecular flexibility index (Phi) is 1.97. The second-order valence-corrected chi connectivity index (χ2v) is 4.33. The van der Waals surface area contributed by atoms with Crippen LogP contribution in [0.15, 0.2) is 42.5 Å². The van der Waals surface area contributed by atoms with Crippen molar-refractivity contribution in [1.29, 1.82) is 0 Å². The van der Waals surface area contributed by atoms with Crippen LogP contribution in [0.25, 0.3) is 21.5 Å². The summed E-state index contributed by atoms with van der Waals surface area (Å²) in [6.07, 6.45) is 0. The zero-order valence-electron chi connectivity index (χ0n) is 9.54. The molecule has 3 rings (SSSR count). The minimum absolute atomic E-state index is 1.20. The van der Waals surface area contributed by atoms with Gasteiger partial charge in [-0.05, 0) is 58.7 Å². The van der Waals surface area contributed by atoms with Gasteiger partial charge >= 0.3 is 0 Å². The van der Waals surface area contributed by atoms with E-state index in [4.69, 9.17) is 0 Å². The number of benzene rings is 3. The lowest BCUT2D eigenvalue weighted by molar-refractivity contribution is 1.38. The van der Waals surface area contributed by atoms with E-state index in [2.05, 4.69) is 62.4 Å². The lowest BCUT2D eigenvalue weighted by atomic mass is 9.97. The molecule has 0 aromatic heterocycles. The van der Waals surface area contributed by atoms with E-state index >= 15 is 0 Å². The van der Waals surface area contributed by atoms with Crippen molar-refractivity contribution >= 4 is 21.5 Å². The maximum atomic E-state index is 3.52. The molecule has 0 N–H and O–H groups in total. The van der Waals surface area contributed by atoms with E-state index in [-0.39, 0.29) is 0 Å². The van der Waals surface area contributed by atoms with Gasteiger partial charge in [0.2, 0.25) is 0 Å². The highest BCUT2D eigenvalue weighted by molar-refractivity contribution is 5.99. The van der Waals surface area contributed by atoms with Crippen LogP contribution in [-0.4, -0.2) is 0 Å². The van der Waals surface area contributed by atoms with Crippen LogP contribution in [0, 0.1) is 19.9 Å². The number of fused-ring (bicyclic) bond motifs is 2. The highest BCUT2D eigenvalue weighted by Gasteiger charge is 2.02. The molecule has 0 aliphatic carbocycles. The first-order chi connectivity index (χ1) is 7.75. The predicted octanol–water partition coefficient (Wildman–Crippen LogP) is 4.41. The van der Waals surface area contributed by atoms with Gasteiger partial charge in [0.05, 0.1) is 0 Å². The fraction of sp³-hybridized carbons (Fsp3) is 0.125. The summed E-state index contributed by atoms with van der Waals surface area (Å²) < 4.78 is 0. The number of aryl methyl sites for hydroxylation is 2. The molecule has 3 aromatic rings.